The molecule has 0 unspecified atom stereocenters. The number of ether oxygens (including phenoxy) is 2. The fraction of sp³-hybridized carbons (Fsp3) is 0.0667. The van der Waals surface area contributed by atoms with E-state index >= 15 is 0 Å². The van der Waals surface area contributed by atoms with Gasteiger partial charge in [-0.05, 0) is 83.5 Å². The Morgan fingerprint density at radius 2 is 1.69 bits per heavy atom. The van der Waals surface area contributed by atoms with Gasteiger partial charge in [0, 0.05) is 15.6 Å². The van der Waals surface area contributed by atoms with Gasteiger partial charge < -0.3 is 9.47 Å². The Balaban J connectivity index is 1.61. The summed E-state index contributed by atoms with van der Waals surface area (Å²) in [6.07, 6.45) is 1.47. The van der Waals surface area contributed by atoms with Gasteiger partial charge in [0.2, 0.25) is 0 Å². The molecule has 0 aliphatic carbocycles. The molecule has 194 valence electrons. The van der Waals surface area contributed by atoms with Crippen LogP contribution in [0.1, 0.15) is 21.5 Å². The number of para-hydroxylation sites is 1. The number of hydrogen-bond donors (Lipinski definition) is 0. The number of nitrogens with zero attached hydrogens (tertiary/aromatic N) is 3. The van der Waals surface area contributed by atoms with Gasteiger partial charge in [0.1, 0.15) is 5.75 Å². The molecule has 0 atom stereocenters. The topological polar surface area (TPSA) is 82.8 Å². The van der Waals surface area contributed by atoms with Gasteiger partial charge in [0.25, 0.3) is 5.56 Å². The highest BCUT2D eigenvalue weighted by atomic mass is 79.9. The zero-order valence-electron chi connectivity index (χ0n) is 20.9. The number of fused-ring (bicyclic) bond motifs is 1. The molecule has 1 aromatic heterocycles. The van der Waals surface area contributed by atoms with Crippen molar-refractivity contribution in [1.29, 1.82) is 0 Å². The number of halogens is 2. The highest BCUT2D eigenvalue weighted by Crippen LogP contribution is 2.33. The van der Waals surface area contributed by atoms with Crippen LogP contribution in [0.2, 0.25) is 0 Å². The highest BCUT2D eigenvalue weighted by Gasteiger charge is 2.17. The number of hydrogen-bond acceptors (Lipinski definition) is 6. The van der Waals surface area contributed by atoms with E-state index in [9.17, 15) is 9.59 Å². The predicted molar refractivity (Wildman–Crippen MR) is 159 cm³/mol. The molecule has 39 heavy (non-hydrogen) atoms. The van der Waals surface area contributed by atoms with Crippen LogP contribution in [0.15, 0.2) is 104 Å². The lowest BCUT2D eigenvalue weighted by Gasteiger charge is -2.12. The van der Waals surface area contributed by atoms with E-state index in [1.165, 1.54) is 10.9 Å². The molecule has 0 aliphatic heterocycles. The molecule has 4 aromatic carbocycles. The number of esters is 1. The van der Waals surface area contributed by atoms with E-state index in [1.54, 1.807) is 61.7 Å². The summed E-state index contributed by atoms with van der Waals surface area (Å²) in [5.41, 5.74) is 2.81. The molecule has 0 radical (unpaired) electrons. The van der Waals surface area contributed by atoms with Crippen LogP contribution in [0.4, 0.5) is 0 Å². The molecule has 9 heteroatoms. The molecule has 5 rings (SSSR count). The van der Waals surface area contributed by atoms with Crippen molar-refractivity contribution in [3.63, 3.8) is 0 Å². The van der Waals surface area contributed by atoms with Crippen molar-refractivity contribution in [3.05, 3.63) is 121 Å². The zero-order chi connectivity index (χ0) is 27.5. The van der Waals surface area contributed by atoms with Crippen molar-refractivity contribution < 1.29 is 14.3 Å². The molecule has 0 fully saturated rings. The van der Waals surface area contributed by atoms with Crippen molar-refractivity contribution in [1.82, 2.24) is 9.66 Å². The Morgan fingerprint density at radius 1 is 0.974 bits per heavy atom. The molecular weight excluding hydrogens is 626 g/mol. The Hall–Kier alpha value is -4.08. The second-order valence-corrected chi connectivity index (χ2v) is 10.4. The third-order valence-corrected chi connectivity index (χ3v) is 6.98. The van der Waals surface area contributed by atoms with Gasteiger partial charge in [0.05, 0.1) is 34.3 Å². The highest BCUT2D eigenvalue weighted by molar-refractivity contribution is 9.11. The molecule has 0 saturated carbocycles. The van der Waals surface area contributed by atoms with Gasteiger partial charge in [-0.2, -0.15) is 9.78 Å². The van der Waals surface area contributed by atoms with Crippen molar-refractivity contribution in [2.75, 3.05) is 7.11 Å². The third-order valence-electron chi connectivity index (χ3n) is 5.93. The van der Waals surface area contributed by atoms with E-state index in [4.69, 9.17) is 14.5 Å². The summed E-state index contributed by atoms with van der Waals surface area (Å²) in [6, 6.07) is 24.9. The molecule has 0 N–H and O–H groups in total. The Labute approximate surface area is 241 Å². The number of benzene rings is 4. The number of aryl methyl sites for hydroxylation is 1. The lowest BCUT2D eigenvalue weighted by molar-refractivity contribution is 0.0733. The zero-order valence-corrected chi connectivity index (χ0v) is 24.1. The predicted octanol–water partition coefficient (Wildman–Crippen LogP) is 7.01. The number of carbonyl (C=O) groups excluding carboxylic acids is 1. The molecule has 0 spiro atoms. The Morgan fingerprint density at radius 3 is 2.41 bits per heavy atom. The van der Waals surface area contributed by atoms with Crippen LogP contribution in [-0.4, -0.2) is 29.0 Å². The SMILES string of the molecule is COc1ccc(-c2nc3ccccc3c(=O)n2N=Cc2cc(Br)cc(Br)c2OC(=O)c2ccc(C)cc2)cc1. The summed E-state index contributed by atoms with van der Waals surface area (Å²) in [5, 5.41) is 4.96. The first kappa shape index (κ1) is 26.5. The smallest absolute Gasteiger partial charge is 0.343 e. The van der Waals surface area contributed by atoms with Gasteiger partial charge in [-0.15, -0.1) is 0 Å². The minimum atomic E-state index is -0.517. The molecule has 1 heterocycles. The second kappa shape index (κ2) is 11.3. The van der Waals surface area contributed by atoms with E-state index in [0.717, 1.165) is 10.0 Å². The Kier molecular flexibility index (Phi) is 7.72. The fourth-order valence-corrected chi connectivity index (χ4v) is 5.24. The maximum atomic E-state index is 13.6. The molecule has 7 nitrogen and oxygen atoms in total. The van der Waals surface area contributed by atoms with Gasteiger partial charge in [-0.3, -0.25) is 4.79 Å². The normalized spacial score (nSPS) is 11.2. The standard InChI is InChI=1S/C30H21Br2N3O4/c1-18-7-9-20(10-8-18)30(37)39-27-21(15-22(31)16-25(27)32)17-33-35-28(19-11-13-23(38-2)14-12-19)34-26-6-4-3-5-24(26)29(35)36/h3-17H,1-2H3. The van der Waals surface area contributed by atoms with Crippen LogP contribution in [0.3, 0.4) is 0 Å². The number of carbonyl (C=O) groups is 1. The van der Waals surface area contributed by atoms with E-state index in [0.29, 0.717) is 43.6 Å². The van der Waals surface area contributed by atoms with Crippen LogP contribution in [0.5, 0.6) is 11.5 Å². The number of methoxy groups -OCH3 is 1. The summed E-state index contributed by atoms with van der Waals surface area (Å²) < 4.78 is 13.6. The first-order valence-corrected chi connectivity index (χ1v) is 13.4. The van der Waals surface area contributed by atoms with E-state index in [1.807, 2.05) is 37.3 Å². The van der Waals surface area contributed by atoms with Crippen molar-refractivity contribution in [2.45, 2.75) is 6.92 Å². The first-order chi connectivity index (χ1) is 18.8. The van der Waals surface area contributed by atoms with Gasteiger partial charge in [-0.25, -0.2) is 9.78 Å². The quantitative estimate of drug-likeness (QED) is 0.113. The van der Waals surface area contributed by atoms with Crippen LogP contribution in [0, 0.1) is 6.92 Å². The molecule has 0 bridgehead atoms. The molecular formula is C30H21Br2N3O4. The van der Waals surface area contributed by atoms with Crippen LogP contribution in [-0.2, 0) is 0 Å². The van der Waals surface area contributed by atoms with Gasteiger partial charge >= 0.3 is 5.97 Å². The lowest BCUT2D eigenvalue weighted by atomic mass is 10.1. The maximum absolute atomic E-state index is 13.6. The summed E-state index contributed by atoms with van der Waals surface area (Å²) in [4.78, 5) is 31.2. The molecule has 0 saturated heterocycles. The monoisotopic (exact) mass is 645 g/mol. The average Bonchev–Trinajstić information content (AvgIpc) is 2.94. The number of aromatic nitrogens is 2. The Bertz CT molecular complexity index is 1780. The fourth-order valence-electron chi connectivity index (χ4n) is 3.90. The van der Waals surface area contributed by atoms with Gasteiger partial charge in [-0.1, -0.05) is 45.8 Å². The average molecular weight is 647 g/mol. The summed E-state index contributed by atoms with van der Waals surface area (Å²) in [5.74, 6) is 0.775. The van der Waals surface area contributed by atoms with E-state index in [-0.39, 0.29) is 11.3 Å². The van der Waals surface area contributed by atoms with Crippen molar-refractivity contribution >= 4 is 54.9 Å². The maximum Gasteiger partial charge on any atom is 0.343 e. The van der Waals surface area contributed by atoms with Crippen molar-refractivity contribution in [3.8, 4) is 22.9 Å². The minimum Gasteiger partial charge on any atom is -0.497 e. The summed E-state index contributed by atoms with van der Waals surface area (Å²) >= 11 is 6.97. The van der Waals surface area contributed by atoms with Crippen LogP contribution in [0.25, 0.3) is 22.3 Å². The van der Waals surface area contributed by atoms with E-state index in [2.05, 4.69) is 37.0 Å². The molecule has 0 amide bonds. The molecule has 5 aromatic rings. The third kappa shape index (κ3) is 5.69. The van der Waals surface area contributed by atoms with Gasteiger partial charge in [0.15, 0.2) is 11.6 Å². The van der Waals surface area contributed by atoms with Crippen LogP contribution >= 0.6 is 31.9 Å². The van der Waals surface area contributed by atoms with E-state index < -0.39 is 5.97 Å². The lowest BCUT2D eigenvalue weighted by Crippen LogP contribution is -2.20. The first-order valence-electron chi connectivity index (χ1n) is 11.8. The van der Waals surface area contributed by atoms with Crippen molar-refractivity contribution in [2.24, 2.45) is 5.10 Å². The summed E-state index contributed by atoms with van der Waals surface area (Å²) in [7, 11) is 1.59. The summed E-state index contributed by atoms with van der Waals surface area (Å²) in [6.45, 7) is 1.94. The minimum absolute atomic E-state index is 0.264. The van der Waals surface area contributed by atoms with Crippen LogP contribution < -0.4 is 15.0 Å². The molecule has 0 aliphatic rings. The number of rotatable bonds is 6. The largest absolute Gasteiger partial charge is 0.497 e. The second-order valence-electron chi connectivity index (χ2n) is 8.60.